The molecule has 0 saturated heterocycles. The van der Waals surface area contributed by atoms with Crippen LogP contribution in [0.1, 0.15) is 59.3 Å². The first-order chi connectivity index (χ1) is 7.47. The summed E-state index contributed by atoms with van der Waals surface area (Å²) in [6, 6.07) is 0.320. The Bertz CT molecular complexity index is 240. The van der Waals surface area contributed by atoms with E-state index in [9.17, 15) is 4.79 Å². The van der Waals surface area contributed by atoms with Crippen LogP contribution in [-0.4, -0.2) is 16.8 Å². The Morgan fingerprint density at radius 3 is 2.56 bits per heavy atom. The lowest BCUT2D eigenvalue weighted by atomic mass is 9.88. The van der Waals surface area contributed by atoms with Crippen LogP contribution in [0.3, 0.4) is 0 Å². The topological polar surface area (TPSA) is 29.1 Å². The van der Waals surface area contributed by atoms with Crippen molar-refractivity contribution in [3.05, 3.63) is 0 Å². The lowest BCUT2D eigenvalue weighted by molar-refractivity contribution is -0.130. The normalized spacial score (nSPS) is 27.2. The van der Waals surface area contributed by atoms with Gasteiger partial charge in [-0.05, 0) is 19.3 Å². The Morgan fingerprint density at radius 1 is 1.31 bits per heavy atom. The zero-order valence-electron chi connectivity index (χ0n) is 10.7. The minimum absolute atomic E-state index is 0.200. The highest BCUT2D eigenvalue weighted by Gasteiger charge is 2.30. The third-order valence-electron chi connectivity index (χ3n) is 3.75. The molecular weight excluding hydrogens is 266 g/mol. The standard InChI is InChI=1S/C13H24BrNO/c1-4-13(2,3)12(16)15-11-9-7-5-6-8-10(11)14/h10-11H,4-9H2,1-3H3,(H,15,16). The molecule has 2 atom stereocenters. The van der Waals surface area contributed by atoms with E-state index in [1.165, 1.54) is 25.7 Å². The van der Waals surface area contributed by atoms with Gasteiger partial charge in [-0.3, -0.25) is 4.79 Å². The predicted molar refractivity (Wildman–Crippen MR) is 71.8 cm³/mol. The van der Waals surface area contributed by atoms with E-state index in [0.29, 0.717) is 10.9 Å². The van der Waals surface area contributed by atoms with Gasteiger partial charge in [0.15, 0.2) is 0 Å². The smallest absolute Gasteiger partial charge is 0.225 e. The summed E-state index contributed by atoms with van der Waals surface area (Å²) in [4.78, 5) is 12.5. The second-order valence-corrected chi connectivity index (χ2v) is 6.65. The summed E-state index contributed by atoms with van der Waals surface area (Å²) in [6.45, 7) is 6.10. The molecule has 94 valence electrons. The molecule has 1 saturated carbocycles. The second-order valence-electron chi connectivity index (χ2n) is 5.47. The lowest BCUT2D eigenvalue weighted by Crippen LogP contribution is -2.46. The Kier molecular flexibility index (Phi) is 5.29. The zero-order chi connectivity index (χ0) is 12.2. The Hall–Kier alpha value is -0.0500. The largest absolute Gasteiger partial charge is 0.352 e. The van der Waals surface area contributed by atoms with Gasteiger partial charge in [0.25, 0.3) is 0 Å². The molecule has 1 aliphatic carbocycles. The van der Waals surface area contributed by atoms with Gasteiger partial charge < -0.3 is 5.32 Å². The summed E-state index contributed by atoms with van der Waals surface area (Å²) >= 11 is 3.71. The van der Waals surface area contributed by atoms with E-state index in [0.717, 1.165) is 12.8 Å². The van der Waals surface area contributed by atoms with Crippen LogP contribution in [0.15, 0.2) is 0 Å². The molecule has 0 aromatic heterocycles. The summed E-state index contributed by atoms with van der Waals surface area (Å²) in [7, 11) is 0. The van der Waals surface area contributed by atoms with Gasteiger partial charge in [-0.1, -0.05) is 56.0 Å². The minimum atomic E-state index is -0.237. The van der Waals surface area contributed by atoms with Crippen molar-refractivity contribution in [2.24, 2.45) is 5.41 Å². The molecule has 0 aliphatic heterocycles. The van der Waals surface area contributed by atoms with Crippen molar-refractivity contribution in [3.8, 4) is 0 Å². The minimum Gasteiger partial charge on any atom is -0.352 e. The number of nitrogens with one attached hydrogen (secondary N) is 1. The molecule has 0 heterocycles. The SMILES string of the molecule is CCC(C)(C)C(=O)NC1CCCCCC1Br. The van der Waals surface area contributed by atoms with Crippen LogP contribution >= 0.6 is 15.9 Å². The Labute approximate surface area is 108 Å². The van der Waals surface area contributed by atoms with Crippen LogP contribution in [0.5, 0.6) is 0 Å². The predicted octanol–water partition coefficient (Wildman–Crippen LogP) is 3.64. The van der Waals surface area contributed by atoms with E-state index in [-0.39, 0.29) is 11.3 Å². The quantitative estimate of drug-likeness (QED) is 0.624. The number of halogens is 1. The van der Waals surface area contributed by atoms with Gasteiger partial charge in [-0.15, -0.1) is 0 Å². The summed E-state index contributed by atoms with van der Waals surface area (Å²) in [5.41, 5.74) is -0.237. The van der Waals surface area contributed by atoms with E-state index >= 15 is 0 Å². The first-order valence-corrected chi connectivity index (χ1v) is 7.34. The van der Waals surface area contributed by atoms with Crippen LogP contribution in [0, 0.1) is 5.41 Å². The van der Waals surface area contributed by atoms with Crippen molar-refractivity contribution in [2.75, 3.05) is 0 Å². The summed E-state index contributed by atoms with van der Waals surface area (Å²) in [5.74, 6) is 0.200. The highest BCUT2D eigenvalue weighted by atomic mass is 79.9. The zero-order valence-corrected chi connectivity index (χ0v) is 12.3. The van der Waals surface area contributed by atoms with Crippen LogP contribution in [0.25, 0.3) is 0 Å². The molecule has 0 spiro atoms. The first kappa shape index (κ1) is 14.0. The van der Waals surface area contributed by atoms with Crippen LogP contribution in [0.4, 0.5) is 0 Å². The number of hydrogen-bond acceptors (Lipinski definition) is 1. The molecular formula is C13H24BrNO. The molecule has 2 unspecified atom stereocenters. The van der Waals surface area contributed by atoms with E-state index in [1.807, 2.05) is 13.8 Å². The van der Waals surface area contributed by atoms with E-state index in [1.54, 1.807) is 0 Å². The van der Waals surface area contributed by atoms with Crippen molar-refractivity contribution in [3.63, 3.8) is 0 Å². The fraction of sp³-hybridized carbons (Fsp3) is 0.923. The van der Waals surface area contributed by atoms with Crippen molar-refractivity contribution in [1.82, 2.24) is 5.32 Å². The van der Waals surface area contributed by atoms with Crippen LogP contribution < -0.4 is 5.32 Å². The van der Waals surface area contributed by atoms with Gasteiger partial charge in [-0.25, -0.2) is 0 Å². The molecule has 16 heavy (non-hydrogen) atoms. The molecule has 0 radical (unpaired) electrons. The van der Waals surface area contributed by atoms with Gasteiger partial charge in [0.05, 0.1) is 0 Å². The lowest BCUT2D eigenvalue weighted by Gasteiger charge is -2.28. The maximum Gasteiger partial charge on any atom is 0.225 e. The van der Waals surface area contributed by atoms with Crippen molar-refractivity contribution < 1.29 is 4.79 Å². The van der Waals surface area contributed by atoms with Gasteiger partial charge in [0, 0.05) is 16.3 Å². The highest BCUT2D eigenvalue weighted by Crippen LogP contribution is 2.26. The molecule has 1 aliphatic rings. The molecule has 0 aromatic rings. The first-order valence-electron chi connectivity index (χ1n) is 6.42. The van der Waals surface area contributed by atoms with E-state index in [4.69, 9.17) is 0 Å². The number of hydrogen-bond donors (Lipinski definition) is 1. The molecule has 1 rings (SSSR count). The van der Waals surface area contributed by atoms with Crippen molar-refractivity contribution in [1.29, 1.82) is 0 Å². The molecule has 1 N–H and O–H groups in total. The third kappa shape index (κ3) is 3.76. The maximum absolute atomic E-state index is 12.1. The summed E-state index contributed by atoms with van der Waals surface area (Å²) in [6.07, 6.45) is 6.99. The molecule has 1 amide bonds. The van der Waals surface area contributed by atoms with E-state index < -0.39 is 0 Å². The molecule has 0 bridgehead atoms. The molecule has 2 nitrogen and oxygen atoms in total. The summed E-state index contributed by atoms with van der Waals surface area (Å²) < 4.78 is 0. The van der Waals surface area contributed by atoms with Gasteiger partial charge >= 0.3 is 0 Å². The fourth-order valence-corrected chi connectivity index (χ4v) is 2.67. The molecule has 3 heteroatoms. The van der Waals surface area contributed by atoms with Crippen molar-refractivity contribution in [2.45, 2.75) is 70.2 Å². The number of amides is 1. The average molecular weight is 290 g/mol. The Balaban J connectivity index is 2.54. The third-order valence-corrected chi connectivity index (χ3v) is 4.84. The Morgan fingerprint density at radius 2 is 1.94 bits per heavy atom. The molecule has 0 aromatic carbocycles. The van der Waals surface area contributed by atoms with Crippen molar-refractivity contribution >= 4 is 21.8 Å². The average Bonchev–Trinajstić information content (AvgIpc) is 2.44. The number of carbonyl (C=O) groups excluding carboxylic acids is 1. The number of rotatable bonds is 3. The van der Waals surface area contributed by atoms with E-state index in [2.05, 4.69) is 28.2 Å². The van der Waals surface area contributed by atoms with Gasteiger partial charge in [-0.2, -0.15) is 0 Å². The molecule has 1 fully saturated rings. The van der Waals surface area contributed by atoms with Crippen LogP contribution in [0.2, 0.25) is 0 Å². The number of carbonyl (C=O) groups is 1. The van der Waals surface area contributed by atoms with Gasteiger partial charge in [0.1, 0.15) is 0 Å². The maximum atomic E-state index is 12.1. The van der Waals surface area contributed by atoms with Crippen LogP contribution in [-0.2, 0) is 4.79 Å². The fourth-order valence-electron chi connectivity index (χ4n) is 1.95. The highest BCUT2D eigenvalue weighted by molar-refractivity contribution is 9.09. The monoisotopic (exact) mass is 289 g/mol. The number of alkyl halides is 1. The van der Waals surface area contributed by atoms with Gasteiger partial charge in [0.2, 0.25) is 5.91 Å². The summed E-state index contributed by atoms with van der Waals surface area (Å²) in [5, 5.41) is 3.21. The second kappa shape index (κ2) is 6.04.